The van der Waals surface area contributed by atoms with Crippen molar-refractivity contribution in [3.05, 3.63) is 12.3 Å². The van der Waals surface area contributed by atoms with E-state index in [2.05, 4.69) is 15.0 Å². The minimum Gasteiger partial charge on any atom is -0.363 e. The second-order valence-corrected chi connectivity index (χ2v) is 5.00. The third-order valence-electron chi connectivity index (χ3n) is 2.35. The molecule has 0 aromatic carbocycles. The largest absolute Gasteiger partial charge is 0.363 e. The maximum Gasteiger partial charge on any atom is 0.245 e. The van der Waals surface area contributed by atoms with E-state index in [1.165, 1.54) is 11.2 Å². The van der Waals surface area contributed by atoms with Crippen LogP contribution in [0.3, 0.4) is 0 Å². The first-order valence-electron chi connectivity index (χ1n) is 5.84. The summed E-state index contributed by atoms with van der Waals surface area (Å²) in [5.74, 6) is 0.00270. The lowest BCUT2D eigenvalue weighted by Crippen LogP contribution is -2.43. The molecule has 0 saturated carbocycles. The Balaban J connectivity index is 2.58. The molecule has 0 unspecified atom stereocenters. The zero-order valence-corrected chi connectivity index (χ0v) is 11.2. The predicted molar refractivity (Wildman–Crippen MR) is 66.8 cm³/mol. The summed E-state index contributed by atoms with van der Waals surface area (Å²) in [5.41, 5.74) is -0.496. The van der Waals surface area contributed by atoms with Gasteiger partial charge in [-0.2, -0.15) is 0 Å². The van der Waals surface area contributed by atoms with Crippen molar-refractivity contribution in [1.29, 1.82) is 0 Å². The van der Waals surface area contributed by atoms with Crippen LogP contribution in [0.15, 0.2) is 16.9 Å². The number of aromatic nitrogens is 1. The van der Waals surface area contributed by atoms with Gasteiger partial charge in [-0.25, -0.2) is 0 Å². The maximum absolute atomic E-state index is 12.0. The summed E-state index contributed by atoms with van der Waals surface area (Å²) in [6, 6.07) is 1.54. The molecule has 2 amide bonds. The van der Waals surface area contributed by atoms with Crippen LogP contribution in [0.5, 0.6) is 0 Å². The van der Waals surface area contributed by atoms with Crippen LogP contribution in [0.4, 0.5) is 5.82 Å². The third-order valence-corrected chi connectivity index (χ3v) is 2.35. The molecule has 0 saturated heterocycles. The van der Waals surface area contributed by atoms with Crippen LogP contribution in [0.25, 0.3) is 0 Å². The van der Waals surface area contributed by atoms with Crippen molar-refractivity contribution in [2.24, 2.45) is 5.41 Å². The summed E-state index contributed by atoms with van der Waals surface area (Å²) in [4.78, 5) is 25.3. The first-order valence-corrected chi connectivity index (χ1v) is 5.84. The van der Waals surface area contributed by atoms with Gasteiger partial charge in [0.05, 0.1) is 6.54 Å². The van der Waals surface area contributed by atoms with Crippen LogP contribution in [0.1, 0.15) is 27.7 Å². The highest BCUT2D eigenvalue weighted by Gasteiger charge is 2.27. The van der Waals surface area contributed by atoms with Crippen molar-refractivity contribution in [2.75, 3.05) is 18.4 Å². The molecule has 100 valence electrons. The lowest BCUT2D eigenvalue weighted by atomic mass is 9.94. The average molecular weight is 253 g/mol. The van der Waals surface area contributed by atoms with Crippen LogP contribution in [-0.2, 0) is 9.59 Å². The molecule has 1 N–H and O–H groups in total. The fourth-order valence-electron chi connectivity index (χ4n) is 1.43. The fourth-order valence-corrected chi connectivity index (χ4v) is 1.43. The lowest BCUT2D eigenvalue weighted by molar-refractivity contribution is -0.141. The highest BCUT2D eigenvalue weighted by Crippen LogP contribution is 2.17. The van der Waals surface area contributed by atoms with E-state index in [1.807, 2.05) is 27.7 Å². The number of carbonyl (C=O) groups is 2. The number of amides is 2. The highest BCUT2D eigenvalue weighted by atomic mass is 16.5. The first kappa shape index (κ1) is 14.2. The van der Waals surface area contributed by atoms with Gasteiger partial charge in [0.25, 0.3) is 0 Å². The molecule has 0 atom stereocenters. The fraction of sp³-hybridized carbons (Fsp3) is 0.583. The van der Waals surface area contributed by atoms with Crippen molar-refractivity contribution in [2.45, 2.75) is 27.7 Å². The standard InChI is InChI=1S/C12H19N3O3/c1-5-15(11(17)12(2,3)4)8-10(16)13-9-6-7-18-14-9/h6-7H,5,8H2,1-4H3,(H,13,14,16). The van der Waals surface area contributed by atoms with Gasteiger partial charge in [0.1, 0.15) is 6.26 Å². The number of likely N-dealkylation sites (N-methyl/N-ethyl adjacent to an activating group) is 1. The Morgan fingerprint density at radius 3 is 2.56 bits per heavy atom. The summed E-state index contributed by atoms with van der Waals surface area (Å²) in [6.07, 6.45) is 1.37. The Morgan fingerprint density at radius 1 is 1.44 bits per heavy atom. The highest BCUT2D eigenvalue weighted by molar-refractivity contribution is 5.94. The minimum absolute atomic E-state index is 0.0134. The number of anilines is 1. The normalized spacial score (nSPS) is 11.1. The van der Waals surface area contributed by atoms with Crippen LogP contribution >= 0.6 is 0 Å². The molecular formula is C12H19N3O3. The van der Waals surface area contributed by atoms with Crippen molar-refractivity contribution in [3.8, 4) is 0 Å². The zero-order chi connectivity index (χ0) is 13.8. The molecule has 18 heavy (non-hydrogen) atoms. The molecule has 1 rings (SSSR count). The van der Waals surface area contributed by atoms with E-state index in [9.17, 15) is 9.59 Å². The summed E-state index contributed by atoms with van der Waals surface area (Å²) in [7, 11) is 0. The monoisotopic (exact) mass is 253 g/mol. The van der Waals surface area contributed by atoms with Gasteiger partial charge in [0.2, 0.25) is 11.8 Å². The number of nitrogens with one attached hydrogen (secondary N) is 1. The number of nitrogens with zero attached hydrogens (tertiary/aromatic N) is 2. The Hall–Kier alpha value is -1.85. The van der Waals surface area contributed by atoms with Gasteiger partial charge in [-0.15, -0.1) is 0 Å². The van der Waals surface area contributed by atoms with E-state index in [0.29, 0.717) is 12.4 Å². The van der Waals surface area contributed by atoms with E-state index >= 15 is 0 Å². The van der Waals surface area contributed by atoms with E-state index in [-0.39, 0.29) is 18.4 Å². The lowest BCUT2D eigenvalue weighted by Gasteiger charge is -2.27. The van der Waals surface area contributed by atoms with E-state index in [4.69, 9.17) is 0 Å². The molecule has 0 aliphatic rings. The second kappa shape index (κ2) is 5.66. The maximum atomic E-state index is 12.0. The molecule has 0 fully saturated rings. The summed E-state index contributed by atoms with van der Waals surface area (Å²) in [5, 5.41) is 6.13. The molecular weight excluding hydrogens is 234 g/mol. The number of hydrogen-bond donors (Lipinski definition) is 1. The van der Waals surface area contributed by atoms with Crippen LogP contribution in [0.2, 0.25) is 0 Å². The van der Waals surface area contributed by atoms with E-state index < -0.39 is 5.41 Å². The number of hydrogen-bond acceptors (Lipinski definition) is 4. The van der Waals surface area contributed by atoms with E-state index in [0.717, 1.165) is 0 Å². The molecule has 0 spiro atoms. The van der Waals surface area contributed by atoms with Crippen LogP contribution in [-0.4, -0.2) is 35.0 Å². The van der Waals surface area contributed by atoms with Crippen molar-refractivity contribution in [3.63, 3.8) is 0 Å². The summed E-state index contributed by atoms with van der Waals surface area (Å²) in [6.45, 7) is 7.82. The number of rotatable bonds is 4. The molecule has 0 aliphatic carbocycles. The van der Waals surface area contributed by atoms with Gasteiger partial charge in [0, 0.05) is 18.0 Å². The molecule has 6 nitrogen and oxygen atoms in total. The van der Waals surface area contributed by atoms with Gasteiger partial charge in [-0.3, -0.25) is 9.59 Å². The smallest absolute Gasteiger partial charge is 0.245 e. The average Bonchev–Trinajstić information content (AvgIpc) is 2.76. The van der Waals surface area contributed by atoms with Gasteiger partial charge < -0.3 is 14.7 Å². The number of carbonyl (C=O) groups excluding carboxylic acids is 2. The van der Waals surface area contributed by atoms with Crippen molar-refractivity contribution < 1.29 is 14.1 Å². The molecule has 0 radical (unpaired) electrons. The van der Waals surface area contributed by atoms with Crippen LogP contribution < -0.4 is 5.32 Å². The summed E-state index contributed by atoms with van der Waals surface area (Å²) >= 11 is 0. The van der Waals surface area contributed by atoms with Crippen LogP contribution in [0, 0.1) is 5.41 Å². The minimum atomic E-state index is -0.496. The quantitative estimate of drug-likeness (QED) is 0.882. The zero-order valence-electron chi connectivity index (χ0n) is 11.2. The molecule has 1 aromatic rings. The predicted octanol–water partition coefficient (Wildman–Crippen LogP) is 1.51. The van der Waals surface area contributed by atoms with Gasteiger partial charge in [-0.05, 0) is 6.92 Å². The Kier molecular flexibility index (Phi) is 4.47. The molecule has 6 heteroatoms. The first-order chi connectivity index (χ1) is 8.34. The Morgan fingerprint density at radius 2 is 2.11 bits per heavy atom. The Bertz CT molecular complexity index is 407. The third kappa shape index (κ3) is 3.87. The van der Waals surface area contributed by atoms with Gasteiger partial charge in [-0.1, -0.05) is 25.9 Å². The van der Waals surface area contributed by atoms with E-state index in [1.54, 1.807) is 6.07 Å². The molecule has 0 aliphatic heterocycles. The molecule has 1 heterocycles. The molecule has 0 bridgehead atoms. The van der Waals surface area contributed by atoms with Gasteiger partial charge >= 0.3 is 0 Å². The second-order valence-electron chi connectivity index (χ2n) is 5.00. The Labute approximate surface area is 106 Å². The topological polar surface area (TPSA) is 75.4 Å². The summed E-state index contributed by atoms with van der Waals surface area (Å²) < 4.78 is 4.60. The van der Waals surface area contributed by atoms with Crippen molar-refractivity contribution in [1.82, 2.24) is 10.1 Å². The molecule has 1 aromatic heterocycles. The SMILES string of the molecule is CCN(CC(=O)Nc1ccon1)C(=O)C(C)(C)C. The van der Waals surface area contributed by atoms with Crippen molar-refractivity contribution >= 4 is 17.6 Å². The van der Waals surface area contributed by atoms with Gasteiger partial charge in [0.15, 0.2) is 5.82 Å².